The maximum atomic E-state index is 12.2. The van der Waals surface area contributed by atoms with Crippen molar-refractivity contribution in [2.24, 2.45) is 0 Å². The number of carboxylic acids is 1. The first-order valence-corrected chi connectivity index (χ1v) is 8.30. The van der Waals surface area contributed by atoms with Gasteiger partial charge >= 0.3 is 5.97 Å². The third-order valence-corrected chi connectivity index (χ3v) is 4.13. The molecular weight excluding hydrogens is 318 g/mol. The van der Waals surface area contributed by atoms with E-state index < -0.39 is 17.4 Å². The van der Waals surface area contributed by atoms with Crippen LogP contribution in [0.25, 0.3) is 0 Å². The monoisotopic (exact) mass is 341 g/mol. The van der Waals surface area contributed by atoms with Crippen LogP contribution in [0.2, 0.25) is 0 Å². The quantitative estimate of drug-likeness (QED) is 0.688. The summed E-state index contributed by atoms with van der Waals surface area (Å²) in [6, 6.07) is 18.5. The zero-order chi connectivity index (χ0) is 18.1. The molecule has 1 amide bonds. The highest BCUT2D eigenvalue weighted by molar-refractivity contribution is 5.88. The number of nitrogens with one attached hydrogen (secondary N) is 1. The molecule has 0 aliphatic carbocycles. The Balaban J connectivity index is 1.92. The van der Waals surface area contributed by atoms with E-state index in [1.165, 1.54) is 0 Å². The molecule has 25 heavy (non-hydrogen) atoms. The predicted octanol–water partition coefficient (Wildman–Crippen LogP) is 2.75. The number of carboxylic acid groups (broad SMARTS) is 1. The van der Waals surface area contributed by atoms with Gasteiger partial charge in [-0.3, -0.25) is 4.79 Å². The fourth-order valence-corrected chi connectivity index (χ4v) is 2.69. The van der Waals surface area contributed by atoms with Crippen LogP contribution < -0.4 is 5.32 Å². The van der Waals surface area contributed by atoms with Gasteiger partial charge in [-0.25, -0.2) is 4.79 Å². The summed E-state index contributed by atoms with van der Waals surface area (Å²) >= 11 is 0. The number of amides is 1. The minimum atomic E-state index is -1.44. The molecule has 2 aromatic rings. The molecule has 5 nitrogen and oxygen atoms in total. The van der Waals surface area contributed by atoms with Crippen molar-refractivity contribution in [3.63, 3.8) is 0 Å². The zero-order valence-corrected chi connectivity index (χ0v) is 14.3. The highest BCUT2D eigenvalue weighted by Gasteiger charge is 2.40. The lowest BCUT2D eigenvalue weighted by molar-refractivity contribution is -0.149. The van der Waals surface area contributed by atoms with Gasteiger partial charge < -0.3 is 15.2 Å². The van der Waals surface area contributed by atoms with Crippen LogP contribution in [0.5, 0.6) is 0 Å². The van der Waals surface area contributed by atoms with E-state index in [1.807, 2.05) is 30.3 Å². The second-order valence-electron chi connectivity index (χ2n) is 5.77. The first-order valence-electron chi connectivity index (χ1n) is 8.30. The standard InChI is InChI=1S/C20H23NO4/c1-2-20(19(23)24,17-11-7-4-8-12-17)21-18(22)15-25-14-13-16-9-5-3-6-10-16/h3-12H,2,13-15H2,1H3,(H,21,22)(H,23,24). The minimum absolute atomic E-state index is 0.172. The van der Waals surface area contributed by atoms with Gasteiger partial charge in [0.1, 0.15) is 6.61 Å². The Morgan fingerprint density at radius 1 is 1.04 bits per heavy atom. The number of carbonyl (C=O) groups is 2. The minimum Gasteiger partial charge on any atom is -0.479 e. The third-order valence-electron chi connectivity index (χ3n) is 4.13. The van der Waals surface area contributed by atoms with Crippen LogP contribution in [0.15, 0.2) is 60.7 Å². The summed E-state index contributed by atoms with van der Waals surface area (Å²) in [5.41, 5.74) is 0.226. The molecule has 0 saturated carbocycles. The highest BCUT2D eigenvalue weighted by atomic mass is 16.5. The van der Waals surface area contributed by atoms with E-state index in [2.05, 4.69) is 5.32 Å². The summed E-state index contributed by atoms with van der Waals surface area (Å²) in [7, 11) is 0. The molecule has 0 bridgehead atoms. The Labute approximate surface area is 147 Å². The van der Waals surface area contributed by atoms with E-state index in [4.69, 9.17) is 4.74 Å². The summed E-state index contributed by atoms with van der Waals surface area (Å²) < 4.78 is 5.40. The number of rotatable bonds is 9. The fourth-order valence-electron chi connectivity index (χ4n) is 2.69. The predicted molar refractivity (Wildman–Crippen MR) is 95.2 cm³/mol. The molecule has 0 aliphatic rings. The van der Waals surface area contributed by atoms with E-state index in [9.17, 15) is 14.7 Å². The molecule has 5 heteroatoms. The third kappa shape index (κ3) is 4.90. The second-order valence-corrected chi connectivity index (χ2v) is 5.77. The Morgan fingerprint density at radius 2 is 1.64 bits per heavy atom. The first-order chi connectivity index (χ1) is 12.1. The molecule has 0 fully saturated rings. The van der Waals surface area contributed by atoms with Gasteiger partial charge in [-0.15, -0.1) is 0 Å². The summed E-state index contributed by atoms with van der Waals surface area (Å²) in [6.07, 6.45) is 0.937. The second kappa shape index (κ2) is 8.99. The number of hydrogen-bond donors (Lipinski definition) is 2. The number of benzene rings is 2. The molecule has 0 radical (unpaired) electrons. The Hall–Kier alpha value is -2.66. The van der Waals surface area contributed by atoms with Crippen molar-refractivity contribution in [3.8, 4) is 0 Å². The van der Waals surface area contributed by atoms with E-state index in [1.54, 1.807) is 37.3 Å². The molecule has 1 atom stereocenters. The molecule has 2 aromatic carbocycles. The van der Waals surface area contributed by atoms with Gasteiger partial charge in [0.05, 0.1) is 6.61 Å². The molecule has 0 aliphatic heterocycles. The van der Waals surface area contributed by atoms with Gasteiger partial charge in [-0.05, 0) is 24.0 Å². The maximum Gasteiger partial charge on any atom is 0.334 e. The smallest absolute Gasteiger partial charge is 0.334 e. The summed E-state index contributed by atoms with van der Waals surface area (Å²) in [4.78, 5) is 24.1. The first kappa shape index (κ1) is 18.7. The molecule has 2 N–H and O–H groups in total. The number of aliphatic carboxylic acids is 1. The van der Waals surface area contributed by atoms with Gasteiger partial charge in [0.25, 0.3) is 0 Å². The Bertz CT molecular complexity index is 687. The zero-order valence-electron chi connectivity index (χ0n) is 14.3. The average molecular weight is 341 g/mol. The fraction of sp³-hybridized carbons (Fsp3) is 0.300. The molecule has 0 saturated heterocycles. The molecule has 0 heterocycles. The number of hydrogen-bond acceptors (Lipinski definition) is 3. The van der Waals surface area contributed by atoms with Crippen LogP contribution in [0.3, 0.4) is 0 Å². The molecule has 132 valence electrons. The van der Waals surface area contributed by atoms with Crippen LogP contribution in [-0.2, 0) is 26.3 Å². The van der Waals surface area contributed by atoms with Crippen LogP contribution in [0, 0.1) is 0 Å². The van der Waals surface area contributed by atoms with E-state index >= 15 is 0 Å². The molecular formula is C20H23NO4. The van der Waals surface area contributed by atoms with Gasteiger partial charge in [0.2, 0.25) is 5.91 Å². The Kier molecular flexibility index (Phi) is 6.71. The van der Waals surface area contributed by atoms with Crippen molar-refractivity contribution in [1.29, 1.82) is 0 Å². The topological polar surface area (TPSA) is 75.6 Å². The van der Waals surface area contributed by atoms with Crippen molar-refractivity contribution in [2.45, 2.75) is 25.3 Å². The lowest BCUT2D eigenvalue weighted by Crippen LogP contribution is -2.52. The molecule has 1 unspecified atom stereocenters. The Morgan fingerprint density at radius 3 is 2.20 bits per heavy atom. The average Bonchev–Trinajstić information content (AvgIpc) is 2.64. The van der Waals surface area contributed by atoms with Gasteiger partial charge in [-0.1, -0.05) is 67.6 Å². The van der Waals surface area contributed by atoms with E-state index in [0.29, 0.717) is 18.6 Å². The van der Waals surface area contributed by atoms with Crippen molar-refractivity contribution in [2.75, 3.05) is 13.2 Å². The van der Waals surface area contributed by atoms with E-state index in [-0.39, 0.29) is 13.0 Å². The maximum absolute atomic E-state index is 12.2. The highest BCUT2D eigenvalue weighted by Crippen LogP contribution is 2.25. The van der Waals surface area contributed by atoms with Crippen LogP contribution >= 0.6 is 0 Å². The van der Waals surface area contributed by atoms with Crippen LogP contribution in [-0.4, -0.2) is 30.2 Å². The lowest BCUT2D eigenvalue weighted by Gasteiger charge is -2.30. The van der Waals surface area contributed by atoms with Gasteiger partial charge in [-0.2, -0.15) is 0 Å². The summed E-state index contributed by atoms with van der Waals surface area (Å²) in [5.74, 6) is -1.53. The normalized spacial score (nSPS) is 13.0. The van der Waals surface area contributed by atoms with Crippen molar-refractivity contribution >= 4 is 11.9 Å². The molecule has 0 aromatic heterocycles. The van der Waals surface area contributed by atoms with Crippen LogP contribution in [0.4, 0.5) is 0 Å². The number of carbonyl (C=O) groups excluding carboxylic acids is 1. The number of ether oxygens (including phenoxy) is 1. The van der Waals surface area contributed by atoms with Crippen molar-refractivity contribution < 1.29 is 19.4 Å². The molecule has 0 spiro atoms. The summed E-state index contributed by atoms with van der Waals surface area (Å²) in [6.45, 7) is 1.96. The van der Waals surface area contributed by atoms with Gasteiger partial charge in [0.15, 0.2) is 5.54 Å². The van der Waals surface area contributed by atoms with Crippen molar-refractivity contribution in [1.82, 2.24) is 5.32 Å². The van der Waals surface area contributed by atoms with E-state index in [0.717, 1.165) is 5.56 Å². The molecule has 2 rings (SSSR count). The summed E-state index contributed by atoms with van der Waals surface area (Å²) in [5, 5.41) is 12.3. The SMILES string of the molecule is CCC(NC(=O)COCCc1ccccc1)(C(=O)O)c1ccccc1. The van der Waals surface area contributed by atoms with Crippen LogP contribution in [0.1, 0.15) is 24.5 Å². The largest absolute Gasteiger partial charge is 0.479 e. The lowest BCUT2D eigenvalue weighted by atomic mass is 9.87. The van der Waals surface area contributed by atoms with Crippen molar-refractivity contribution in [3.05, 3.63) is 71.8 Å². The van der Waals surface area contributed by atoms with Gasteiger partial charge in [0, 0.05) is 0 Å².